The molecule has 8 heteroatoms. The summed E-state index contributed by atoms with van der Waals surface area (Å²) >= 11 is 0. The van der Waals surface area contributed by atoms with Gasteiger partial charge in [0.2, 0.25) is 0 Å². The molecule has 2 heterocycles. The first-order valence-corrected chi connectivity index (χ1v) is 13.2. The molecular weight excluding hydrogens is 452 g/mol. The molecule has 0 radical (unpaired) electrons. The number of piperidine rings is 1. The maximum Gasteiger partial charge on any atom is 0.254 e. The molecule has 34 heavy (non-hydrogen) atoms. The summed E-state index contributed by atoms with van der Waals surface area (Å²) in [5, 5.41) is 0. The van der Waals surface area contributed by atoms with Crippen molar-refractivity contribution in [2.75, 3.05) is 26.3 Å². The largest absolute Gasteiger partial charge is 0.489 e. The quantitative estimate of drug-likeness (QED) is 0.554. The van der Waals surface area contributed by atoms with Crippen LogP contribution in [-0.4, -0.2) is 58.0 Å². The zero-order chi connectivity index (χ0) is 25.1. The van der Waals surface area contributed by atoms with E-state index in [1.165, 1.54) is 0 Å². The van der Waals surface area contributed by atoms with Crippen LogP contribution in [0.2, 0.25) is 0 Å². The third-order valence-corrected chi connectivity index (χ3v) is 7.84. The molecule has 1 amide bonds. The average molecular weight is 493 g/mol. The van der Waals surface area contributed by atoms with Crippen molar-refractivity contribution in [2.24, 2.45) is 5.92 Å². The normalized spacial score (nSPS) is 22.9. The number of aryl methyl sites for hydroxylation is 1. The van der Waals surface area contributed by atoms with Gasteiger partial charge in [-0.05, 0) is 71.9 Å². The molecule has 0 aromatic heterocycles. The minimum absolute atomic E-state index is 0.0165. The highest BCUT2D eigenvalue weighted by Gasteiger charge is 2.41. The second-order valence-electron chi connectivity index (χ2n) is 10.6. The number of likely N-dealkylation sites (tertiary alicyclic amines) is 1. The first-order chi connectivity index (χ1) is 15.9. The van der Waals surface area contributed by atoms with Gasteiger partial charge < -0.3 is 19.1 Å². The Balaban J connectivity index is 1.78. The number of nitrogens with one attached hydrogen (secondary N) is 1. The third kappa shape index (κ3) is 6.68. The van der Waals surface area contributed by atoms with Crippen molar-refractivity contribution in [3.05, 3.63) is 42.0 Å². The van der Waals surface area contributed by atoms with E-state index in [1.807, 2.05) is 52.5 Å². The van der Waals surface area contributed by atoms with E-state index < -0.39 is 27.6 Å². The summed E-state index contributed by atoms with van der Waals surface area (Å²) < 4.78 is 33.5. The number of benzene rings is 1. The summed E-state index contributed by atoms with van der Waals surface area (Å²) in [4.78, 5) is 14.9. The Labute approximate surface area is 206 Å². The molecule has 190 valence electrons. The molecule has 3 atom stereocenters. The number of hydrogen-bond donors (Lipinski definition) is 1. The Bertz CT molecular complexity index is 903. The molecule has 0 spiro atoms. The molecule has 7 nitrogen and oxygen atoms in total. The van der Waals surface area contributed by atoms with Gasteiger partial charge >= 0.3 is 0 Å². The summed E-state index contributed by atoms with van der Waals surface area (Å²) in [6, 6.07) is 5.98. The Hall–Kier alpha value is -1.74. The molecule has 0 saturated carbocycles. The van der Waals surface area contributed by atoms with E-state index >= 15 is 0 Å². The number of amides is 1. The van der Waals surface area contributed by atoms with E-state index in [1.54, 1.807) is 6.08 Å². The van der Waals surface area contributed by atoms with Gasteiger partial charge in [-0.25, -0.2) is 8.93 Å². The zero-order valence-corrected chi connectivity index (χ0v) is 22.2. The van der Waals surface area contributed by atoms with E-state index in [0.717, 1.165) is 29.7 Å². The van der Waals surface area contributed by atoms with E-state index in [9.17, 15) is 9.00 Å². The molecule has 2 saturated heterocycles. The molecular formula is C26H40N2O5S. The molecule has 0 bridgehead atoms. The van der Waals surface area contributed by atoms with Crippen molar-refractivity contribution in [2.45, 2.75) is 77.1 Å². The Morgan fingerprint density at radius 1 is 1.35 bits per heavy atom. The maximum atomic E-state index is 13.1. The summed E-state index contributed by atoms with van der Waals surface area (Å²) in [7, 11) is -1.26. The zero-order valence-electron chi connectivity index (χ0n) is 21.4. The van der Waals surface area contributed by atoms with Crippen LogP contribution in [0.3, 0.4) is 0 Å². The SMILES string of the molecule is C=CCOc1cc(C)ccc1[C@H](NS(=O)C(C)(C)C)C1CCN(C(=O)[C@H]2COC(C)(C)O2)CC1. The van der Waals surface area contributed by atoms with Crippen LogP contribution in [0.1, 0.15) is 64.6 Å². The highest BCUT2D eigenvalue weighted by Crippen LogP contribution is 2.37. The number of nitrogens with zero attached hydrogens (tertiary/aromatic N) is 1. The number of hydrogen-bond acceptors (Lipinski definition) is 5. The van der Waals surface area contributed by atoms with Gasteiger partial charge in [0.15, 0.2) is 11.9 Å². The predicted molar refractivity (Wildman–Crippen MR) is 135 cm³/mol. The van der Waals surface area contributed by atoms with Crippen LogP contribution < -0.4 is 9.46 Å². The van der Waals surface area contributed by atoms with Gasteiger partial charge in [0.1, 0.15) is 12.4 Å². The van der Waals surface area contributed by atoms with Gasteiger partial charge in [0.25, 0.3) is 5.91 Å². The van der Waals surface area contributed by atoms with Gasteiger partial charge in [0, 0.05) is 18.7 Å². The smallest absolute Gasteiger partial charge is 0.254 e. The lowest BCUT2D eigenvalue weighted by molar-refractivity contribution is -0.161. The highest BCUT2D eigenvalue weighted by molar-refractivity contribution is 7.84. The lowest BCUT2D eigenvalue weighted by Crippen LogP contribution is -2.47. The molecule has 1 aromatic carbocycles. The van der Waals surface area contributed by atoms with Crippen LogP contribution in [0.15, 0.2) is 30.9 Å². The molecule has 2 fully saturated rings. The van der Waals surface area contributed by atoms with Gasteiger partial charge in [-0.15, -0.1) is 0 Å². The fourth-order valence-corrected chi connectivity index (χ4v) is 5.25. The summed E-state index contributed by atoms with van der Waals surface area (Å²) in [5.41, 5.74) is 2.09. The Kier molecular flexibility index (Phi) is 8.61. The van der Waals surface area contributed by atoms with Gasteiger partial charge in [-0.1, -0.05) is 24.8 Å². The number of ether oxygens (including phenoxy) is 3. The van der Waals surface area contributed by atoms with Crippen molar-refractivity contribution < 1.29 is 23.2 Å². The van der Waals surface area contributed by atoms with Crippen LogP contribution in [0.5, 0.6) is 5.75 Å². The molecule has 2 aliphatic heterocycles. The fraction of sp³-hybridized carbons (Fsp3) is 0.654. The van der Waals surface area contributed by atoms with E-state index in [4.69, 9.17) is 14.2 Å². The second-order valence-corrected chi connectivity index (χ2v) is 12.6. The van der Waals surface area contributed by atoms with Crippen LogP contribution >= 0.6 is 0 Å². The molecule has 2 aliphatic rings. The Morgan fingerprint density at radius 2 is 2.03 bits per heavy atom. The number of carbonyl (C=O) groups is 1. The average Bonchev–Trinajstić information content (AvgIpc) is 3.15. The molecule has 1 N–H and O–H groups in total. The van der Waals surface area contributed by atoms with Crippen molar-refractivity contribution >= 4 is 16.9 Å². The molecule has 1 aromatic rings. The van der Waals surface area contributed by atoms with Gasteiger partial charge in [-0.3, -0.25) is 4.79 Å². The topological polar surface area (TPSA) is 77.1 Å². The first kappa shape index (κ1) is 26.9. The fourth-order valence-electron chi connectivity index (χ4n) is 4.34. The molecule has 3 rings (SSSR count). The summed E-state index contributed by atoms with van der Waals surface area (Å²) in [6.07, 6.45) is 2.75. The van der Waals surface area contributed by atoms with Crippen molar-refractivity contribution in [3.8, 4) is 5.75 Å². The highest BCUT2D eigenvalue weighted by atomic mass is 32.2. The monoisotopic (exact) mass is 492 g/mol. The molecule has 1 unspecified atom stereocenters. The Morgan fingerprint density at radius 3 is 2.59 bits per heavy atom. The van der Waals surface area contributed by atoms with E-state index in [0.29, 0.717) is 19.7 Å². The van der Waals surface area contributed by atoms with Crippen molar-refractivity contribution in [1.29, 1.82) is 0 Å². The maximum absolute atomic E-state index is 13.1. The number of carbonyl (C=O) groups excluding carboxylic acids is 1. The van der Waals surface area contributed by atoms with E-state index in [-0.39, 0.29) is 24.5 Å². The second kappa shape index (κ2) is 10.9. The number of rotatable bonds is 8. The van der Waals surface area contributed by atoms with Gasteiger partial charge in [0.05, 0.1) is 28.4 Å². The summed E-state index contributed by atoms with van der Waals surface area (Å²) in [6.45, 7) is 17.3. The lowest BCUT2D eigenvalue weighted by Gasteiger charge is -2.38. The van der Waals surface area contributed by atoms with Crippen LogP contribution in [0.4, 0.5) is 0 Å². The van der Waals surface area contributed by atoms with Crippen LogP contribution in [0, 0.1) is 12.8 Å². The lowest BCUT2D eigenvalue weighted by atomic mass is 9.85. The minimum atomic E-state index is -1.26. The first-order valence-electron chi connectivity index (χ1n) is 12.0. The van der Waals surface area contributed by atoms with Crippen molar-refractivity contribution in [3.63, 3.8) is 0 Å². The van der Waals surface area contributed by atoms with Gasteiger partial charge in [-0.2, -0.15) is 0 Å². The van der Waals surface area contributed by atoms with Crippen molar-refractivity contribution in [1.82, 2.24) is 9.62 Å². The minimum Gasteiger partial charge on any atom is -0.489 e. The van der Waals surface area contributed by atoms with E-state index in [2.05, 4.69) is 23.4 Å². The standard InChI is InChI=1S/C26H40N2O5S/c1-8-15-31-21-16-18(2)9-10-20(21)23(27-34(30)25(3,4)5)19-11-13-28(14-12-19)24(29)22-17-32-26(6,7)33-22/h8-10,16,19,22-23,27H,1,11-15,17H2,2-7H3/t22-,23-,34?/m1/s1. The summed E-state index contributed by atoms with van der Waals surface area (Å²) in [5.74, 6) is 0.233. The third-order valence-electron chi connectivity index (χ3n) is 6.26. The van der Waals surface area contributed by atoms with Crippen LogP contribution in [-0.2, 0) is 25.3 Å². The predicted octanol–water partition coefficient (Wildman–Crippen LogP) is 4.04. The van der Waals surface area contributed by atoms with Crippen LogP contribution in [0.25, 0.3) is 0 Å². The molecule has 0 aliphatic carbocycles.